The fourth-order valence-electron chi connectivity index (χ4n) is 1.27. The second kappa shape index (κ2) is 7.92. The molecule has 0 aliphatic rings. The van der Waals surface area contributed by atoms with Crippen LogP contribution < -0.4 is 18.9 Å². The number of hydrogen-bond donors (Lipinski definition) is 0. The fraction of sp³-hybridized carbons (Fsp3) is 0.385. The smallest absolute Gasteiger partial charge is 0.193 e. The van der Waals surface area contributed by atoms with Crippen molar-refractivity contribution in [2.75, 3.05) is 0 Å². The molecular weight excluding hydrogens is 163 g/mol. The van der Waals surface area contributed by atoms with Crippen LogP contribution in [0.4, 0.5) is 0 Å². The molecule has 1 aromatic carbocycles. The Morgan fingerprint density at radius 2 is 1.86 bits per heavy atom. The Balaban J connectivity index is 0.00000169. The van der Waals surface area contributed by atoms with Crippen LogP contribution in [-0.2, 0) is 0 Å². The molecule has 0 saturated heterocycles. The van der Waals surface area contributed by atoms with Crippen LogP contribution in [0.15, 0.2) is 35.9 Å². The molecule has 0 radical (unpaired) electrons. The zero-order valence-corrected chi connectivity index (χ0v) is 9.51. The van der Waals surface area contributed by atoms with Gasteiger partial charge in [0.2, 0.25) is 0 Å². The Kier molecular flexibility index (Phi) is 7.66. The largest absolute Gasteiger partial charge is 1.00 e. The van der Waals surface area contributed by atoms with Crippen molar-refractivity contribution in [2.45, 2.75) is 33.1 Å². The SMILES string of the molecule is CCCCC(C)=[C-]c1ccccc1.[Li+]. The second-order valence-corrected chi connectivity index (χ2v) is 3.37. The average molecular weight is 180 g/mol. The van der Waals surface area contributed by atoms with Gasteiger partial charge in [-0.15, -0.1) is 17.7 Å². The molecule has 0 heterocycles. The molecule has 0 amide bonds. The minimum absolute atomic E-state index is 0. The molecular formula is C13H17Li. The van der Waals surface area contributed by atoms with E-state index in [1.54, 1.807) is 0 Å². The van der Waals surface area contributed by atoms with Crippen molar-refractivity contribution in [2.24, 2.45) is 0 Å². The maximum atomic E-state index is 3.39. The van der Waals surface area contributed by atoms with E-state index in [2.05, 4.69) is 44.2 Å². The first-order valence-electron chi connectivity index (χ1n) is 4.97. The molecule has 1 heteroatoms. The molecule has 70 valence electrons. The summed E-state index contributed by atoms with van der Waals surface area (Å²) in [5, 5.41) is 0. The Hall–Kier alpha value is -0.443. The quantitative estimate of drug-likeness (QED) is 0.478. The molecule has 0 fully saturated rings. The van der Waals surface area contributed by atoms with Crippen LogP contribution >= 0.6 is 0 Å². The van der Waals surface area contributed by atoms with Gasteiger partial charge in [-0.1, -0.05) is 32.8 Å². The van der Waals surface area contributed by atoms with Crippen LogP contribution in [0, 0.1) is 6.08 Å². The van der Waals surface area contributed by atoms with Gasteiger partial charge in [0.05, 0.1) is 0 Å². The van der Waals surface area contributed by atoms with Gasteiger partial charge in [0.15, 0.2) is 0 Å². The molecule has 0 aliphatic carbocycles. The average Bonchev–Trinajstić information content (AvgIpc) is 2.16. The summed E-state index contributed by atoms with van der Waals surface area (Å²) in [6, 6.07) is 10.3. The molecule has 0 unspecified atom stereocenters. The third-order valence-electron chi connectivity index (χ3n) is 2.04. The summed E-state index contributed by atoms with van der Waals surface area (Å²) >= 11 is 0. The topological polar surface area (TPSA) is 0 Å². The van der Waals surface area contributed by atoms with Crippen molar-refractivity contribution in [3.05, 3.63) is 47.5 Å². The van der Waals surface area contributed by atoms with Crippen molar-refractivity contribution in [3.8, 4) is 0 Å². The summed E-state index contributed by atoms with van der Waals surface area (Å²) in [6.07, 6.45) is 7.09. The van der Waals surface area contributed by atoms with Crippen molar-refractivity contribution >= 4 is 0 Å². The van der Waals surface area contributed by atoms with Gasteiger partial charge in [0.1, 0.15) is 0 Å². The van der Waals surface area contributed by atoms with Crippen molar-refractivity contribution < 1.29 is 18.9 Å². The van der Waals surface area contributed by atoms with E-state index in [0.29, 0.717) is 0 Å². The van der Waals surface area contributed by atoms with E-state index in [1.807, 2.05) is 6.07 Å². The van der Waals surface area contributed by atoms with E-state index in [9.17, 15) is 0 Å². The molecule has 0 aromatic heterocycles. The summed E-state index contributed by atoms with van der Waals surface area (Å²) in [4.78, 5) is 0. The minimum Gasteiger partial charge on any atom is -0.193 e. The van der Waals surface area contributed by atoms with E-state index in [1.165, 1.54) is 30.4 Å². The zero-order valence-electron chi connectivity index (χ0n) is 9.51. The molecule has 0 bridgehead atoms. The molecule has 0 saturated carbocycles. The molecule has 1 rings (SSSR count). The molecule has 0 atom stereocenters. The van der Waals surface area contributed by atoms with Crippen LogP contribution in [0.1, 0.15) is 38.7 Å². The van der Waals surface area contributed by atoms with Crippen LogP contribution in [0.2, 0.25) is 0 Å². The zero-order chi connectivity index (χ0) is 9.52. The van der Waals surface area contributed by atoms with Crippen LogP contribution in [0.5, 0.6) is 0 Å². The summed E-state index contributed by atoms with van der Waals surface area (Å²) in [5.41, 5.74) is 2.55. The third-order valence-corrected chi connectivity index (χ3v) is 2.04. The van der Waals surface area contributed by atoms with Gasteiger partial charge >= 0.3 is 18.9 Å². The molecule has 1 aromatic rings. The van der Waals surface area contributed by atoms with Gasteiger partial charge in [0, 0.05) is 0 Å². The molecule has 14 heavy (non-hydrogen) atoms. The summed E-state index contributed by atoms with van der Waals surface area (Å²) in [6.45, 7) is 4.37. The van der Waals surface area contributed by atoms with Gasteiger partial charge in [-0.05, 0) is 6.42 Å². The maximum absolute atomic E-state index is 3.39. The van der Waals surface area contributed by atoms with E-state index in [0.717, 1.165) is 0 Å². The third kappa shape index (κ3) is 5.32. The summed E-state index contributed by atoms with van der Waals surface area (Å²) in [7, 11) is 0. The van der Waals surface area contributed by atoms with Gasteiger partial charge in [-0.25, -0.2) is 0 Å². The molecule has 0 nitrogen and oxygen atoms in total. The number of rotatable bonds is 4. The van der Waals surface area contributed by atoms with Gasteiger partial charge in [-0.2, -0.15) is 23.8 Å². The van der Waals surface area contributed by atoms with E-state index >= 15 is 0 Å². The van der Waals surface area contributed by atoms with Crippen molar-refractivity contribution in [1.82, 2.24) is 0 Å². The fourth-order valence-corrected chi connectivity index (χ4v) is 1.27. The Labute approximate surface area is 99.6 Å². The Bertz CT molecular complexity index is 262. The Morgan fingerprint density at radius 3 is 2.43 bits per heavy atom. The van der Waals surface area contributed by atoms with Gasteiger partial charge in [0.25, 0.3) is 0 Å². The van der Waals surface area contributed by atoms with Crippen LogP contribution in [0.25, 0.3) is 0 Å². The normalized spacial score (nSPS) is 10.9. The van der Waals surface area contributed by atoms with E-state index in [4.69, 9.17) is 0 Å². The van der Waals surface area contributed by atoms with E-state index in [-0.39, 0.29) is 18.9 Å². The first kappa shape index (κ1) is 13.6. The Morgan fingerprint density at radius 1 is 1.21 bits per heavy atom. The number of benzene rings is 1. The van der Waals surface area contributed by atoms with Crippen LogP contribution in [0.3, 0.4) is 0 Å². The first-order valence-corrected chi connectivity index (χ1v) is 4.97. The minimum atomic E-state index is 0. The van der Waals surface area contributed by atoms with E-state index < -0.39 is 0 Å². The predicted octanol–water partition coefficient (Wildman–Crippen LogP) is 0.978. The maximum Gasteiger partial charge on any atom is 1.00 e. The molecule has 0 N–H and O–H groups in total. The van der Waals surface area contributed by atoms with Crippen LogP contribution in [-0.4, -0.2) is 0 Å². The van der Waals surface area contributed by atoms with Crippen molar-refractivity contribution in [1.29, 1.82) is 0 Å². The van der Waals surface area contributed by atoms with Crippen molar-refractivity contribution in [3.63, 3.8) is 0 Å². The standard InChI is InChI=1S/C13H17.Li/c1-3-4-8-12(2)11-13-9-6-5-7-10-13;/h5-7,9-10H,3-4,8H2,1-2H3;/q-1;+1. The summed E-state index contributed by atoms with van der Waals surface area (Å²) in [5.74, 6) is 0. The first-order chi connectivity index (χ1) is 6.33. The van der Waals surface area contributed by atoms with Gasteiger partial charge < -0.3 is 0 Å². The monoisotopic (exact) mass is 180 g/mol. The number of unbranched alkanes of at least 4 members (excludes halogenated alkanes) is 1. The molecule has 0 spiro atoms. The van der Waals surface area contributed by atoms with Gasteiger partial charge in [-0.3, -0.25) is 0 Å². The predicted molar refractivity (Wildman–Crippen MR) is 57.5 cm³/mol. The number of allylic oxidation sites excluding steroid dienone is 1. The second-order valence-electron chi connectivity index (χ2n) is 3.37. The molecule has 0 aliphatic heterocycles. The summed E-state index contributed by atoms with van der Waals surface area (Å²) < 4.78 is 0. The number of hydrogen-bond acceptors (Lipinski definition) is 0.